The van der Waals surface area contributed by atoms with E-state index in [1.54, 1.807) is 0 Å². The zero-order valence-electron chi connectivity index (χ0n) is 11.2. The number of rotatable bonds is 5. The van der Waals surface area contributed by atoms with Gasteiger partial charge in [-0.05, 0) is 0 Å². The van der Waals surface area contributed by atoms with Gasteiger partial charge in [-0.25, -0.2) is 0 Å². The van der Waals surface area contributed by atoms with Crippen LogP contribution in [-0.4, -0.2) is 45.9 Å². The fraction of sp³-hybridized carbons (Fsp3) is 0.429. The van der Waals surface area contributed by atoms with Crippen molar-refractivity contribution in [3.8, 4) is 11.3 Å². The van der Waals surface area contributed by atoms with E-state index in [2.05, 4.69) is 20.7 Å². The Balaban J connectivity index is 1.63. The number of H-pyrrole nitrogens is 1. The van der Waals surface area contributed by atoms with Crippen LogP contribution in [0.25, 0.3) is 11.3 Å². The number of aliphatic hydroxyl groups is 1. The summed E-state index contributed by atoms with van der Waals surface area (Å²) in [5.41, 5.74) is 1.96. The summed E-state index contributed by atoms with van der Waals surface area (Å²) in [5, 5.41) is 24.4. The first-order chi connectivity index (χ1) is 9.77. The first-order valence-electron chi connectivity index (χ1n) is 6.73. The molecule has 0 bridgehead atoms. The molecule has 0 radical (unpaired) electrons. The molecule has 20 heavy (non-hydrogen) atoms. The van der Waals surface area contributed by atoms with E-state index in [-0.39, 0.29) is 0 Å². The van der Waals surface area contributed by atoms with Crippen molar-refractivity contribution in [1.82, 2.24) is 20.7 Å². The Bertz CT molecular complexity index is 549. The van der Waals surface area contributed by atoms with Crippen LogP contribution in [0.1, 0.15) is 12.1 Å². The van der Waals surface area contributed by atoms with Crippen LogP contribution < -0.4 is 5.32 Å². The number of benzene rings is 1. The van der Waals surface area contributed by atoms with Crippen LogP contribution in [-0.2, 0) is 11.3 Å². The van der Waals surface area contributed by atoms with Crippen molar-refractivity contribution in [3.63, 3.8) is 0 Å². The molecule has 1 aliphatic heterocycles. The zero-order valence-corrected chi connectivity index (χ0v) is 11.2. The second-order valence-electron chi connectivity index (χ2n) is 5.12. The van der Waals surface area contributed by atoms with Gasteiger partial charge in [0.1, 0.15) is 17.0 Å². The molecule has 2 heterocycles. The molecule has 106 valence electrons. The molecule has 6 nitrogen and oxygen atoms in total. The van der Waals surface area contributed by atoms with Crippen LogP contribution in [0, 0.1) is 0 Å². The Morgan fingerprint density at radius 2 is 2.15 bits per heavy atom. The molecule has 2 aromatic rings. The third-order valence-corrected chi connectivity index (χ3v) is 3.50. The Morgan fingerprint density at radius 1 is 1.30 bits per heavy atom. The normalized spacial score (nSPS) is 22.2. The van der Waals surface area contributed by atoms with Gasteiger partial charge in [0.2, 0.25) is 0 Å². The SMILES string of the molecule is OC1(CNCc2n[nH]nc2-c2ccccc2)CCOC1. The second kappa shape index (κ2) is 5.70. The molecule has 0 saturated carbocycles. The number of hydrogen-bond donors (Lipinski definition) is 3. The van der Waals surface area contributed by atoms with Gasteiger partial charge in [-0.2, -0.15) is 15.4 Å². The molecule has 1 fully saturated rings. The van der Waals surface area contributed by atoms with E-state index < -0.39 is 5.60 Å². The zero-order chi connectivity index (χ0) is 13.8. The van der Waals surface area contributed by atoms with Crippen molar-refractivity contribution in [2.45, 2.75) is 18.6 Å². The summed E-state index contributed by atoms with van der Waals surface area (Å²) in [6.07, 6.45) is 0.671. The molecule has 0 amide bonds. The first kappa shape index (κ1) is 13.2. The van der Waals surface area contributed by atoms with E-state index in [9.17, 15) is 5.11 Å². The predicted molar refractivity (Wildman–Crippen MR) is 73.9 cm³/mol. The maximum Gasteiger partial charge on any atom is 0.117 e. The number of ether oxygens (including phenoxy) is 1. The van der Waals surface area contributed by atoms with E-state index in [0.717, 1.165) is 17.0 Å². The van der Waals surface area contributed by atoms with Crippen LogP contribution in [0.2, 0.25) is 0 Å². The van der Waals surface area contributed by atoms with Crippen molar-refractivity contribution in [2.24, 2.45) is 0 Å². The lowest BCUT2D eigenvalue weighted by atomic mass is 10.0. The third kappa shape index (κ3) is 2.87. The quantitative estimate of drug-likeness (QED) is 0.748. The largest absolute Gasteiger partial charge is 0.386 e. The number of aromatic amines is 1. The van der Waals surface area contributed by atoms with Crippen molar-refractivity contribution >= 4 is 0 Å². The van der Waals surface area contributed by atoms with Crippen molar-refractivity contribution in [2.75, 3.05) is 19.8 Å². The lowest BCUT2D eigenvalue weighted by Gasteiger charge is -2.20. The lowest BCUT2D eigenvalue weighted by molar-refractivity contribution is 0.0268. The van der Waals surface area contributed by atoms with Gasteiger partial charge in [0.05, 0.1) is 6.61 Å². The van der Waals surface area contributed by atoms with Crippen molar-refractivity contribution < 1.29 is 9.84 Å². The smallest absolute Gasteiger partial charge is 0.117 e. The van der Waals surface area contributed by atoms with Crippen LogP contribution in [0.4, 0.5) is 0 Å². The van der Waals surface area contributed by atoms with E-state index in [1.807, 2.05) is 30.3 Å². The Morgan fingerprint density at radius 3 is 2.90 bits per heavy atom. The molecule has 1 aromatic carbocycles. The fourth-order valence-electron chi connectivity index (χ4n) is 2.35. The Kier molecular flexibility index (Phi) is 3.77. The summed E-state index contributed by atoms with van der Waals surface area (Å²) in [6, 6.07) is 9.91. The topological polar surface area (TPSA) is 83.1 Å². The molecule has 3 rings (SSSR count). The minimum absolute atomic E-state index is 0.393. The number of nitrogens with zero attached hydrogens (tertiary/aromatic N) is 2. The van der Waals surface area contributed by atoms with E-state index in [1.165, 1.54) is 0 Å². The Labute approximate surface area is 117 Å². The van der Waals surface area contributed by atoms with Crippen molar-refractivity contribution in [3.05, 3.63) is 36.0 Å². The van der Waals surface area contributed by atoms with Crippen LogP contribution >= 0.6 is 0 Å². The lowest BCUT2D eigenvalue weighted by Crippen LogP contribution is -2.40. The van der Waals surface area contributed by atoms with Gasteiger partial charge in [0.15, 0.2) is 0 Å². The maximum absolute atomic E-state index is 10.2. The van der Waals surface area contributed by atoms with Gasteiger partial charge in [-0.15, -0.1) is 0 Å². The van der Waals surface area contributed by atoms with Gasteiger partial charge in [-0.3, -0.25) is 0 Å². The molecule has 6 heteroatoms. The summed E-state index contributed by atoms with van der Waals surface area (Å²) < 4.78 is 5.22. The molecule has 0 spiro atoms. The highest BCUT2D eigenvalue weighted by atomic mass is 16.5. The summed E-state index contributed by atoms with van der Waals surface area (Å²) in [4.78, 5) is 0. The first-order valence-corrected chi connectivity index (χ1v) is 6.73. The molecular weight excluding hydrogens is 256 g/mol. The minimum atomic E-state index is -0.753. The molecule has 0 aliphatic carbocycles. The Hall–Kier alpha value is -1.76. The molecule has 1 atom stereocenters. The van der Waals surface area contributed by atoms with Crippen LogP contribution in [0.5, 0.6) is 0 Å². The second-order valence-corrected chi connectivity index (χ2v) is 5.12. The summed E-state index contributed by atoms with van der Waals surface area (Å²) >= 11 is 0. The summed E-state index contributed by atoms with van der Waals surface area (Å²) in [6.45, 7) is 2.07. The fourth-order valence-corrected chi connectivity index (χ4v) is 2.35. The highest BCUT2D eigenvalue weighted by molar-refractivity contribution is 5.60. The van der Waals surface area contributed by atoms with E-state index in [0.29, 0.717) is 32.7 Å². The molecule has 1 aromatic heterocycles. The van der Waals surface area contributed by atoms with E-state index >= 15 is 0 Å². The highest BCUT2D eigenvalue weighted by Gasteiger charge is 2.31. The maximum atomic E-state index is 10.2. The standard InChI is InChI=1S/C14H18N4O2/c19-14(6-7-20-10-14)9-15-8-12-13(17-18-16-12)11-4-2-1-3-5-11/h1-5,15,19H,6-10H2,(H,16,17,18). The minimum Gasteiger partial charge on any atom is -0.386 e. The average molecular weight is 274 g/mol. The highest BCUT2D eigenvalue weighted by Crippen LogP contribution is 2.20. The van der Waals surface area contributed by atoms with Crippen molar-refractivity contribution in [1.29, 1.82) is 0 Å². The molecule has 1 unspecified atom stereocenters. The average Bonchev–Trinajstić information content (AvgIpc) is 3.10. The molecule has 1 saturated heterocycles. The third-order valence-electron chi connectivity index (χ3n) is 3.50. The number of hydrogen-bond acceptors (Lipinski definition) is 5. The van der Waals surface area contributed by atoms with Gasteiger partial charge < -0.3 is 15.2 Å². The number of aromatic nitrogens is 3. The van der Waals surface area contributed by atoms with Gasteiger partial charge in [0, 0.05) is 31.7 Å². The summed E-state index contributed by atoms with van der Waals surface area (Å²) in [7, 11) is 0. The van der Waals surface area contributed by atoms with Gasteiger partial charge in [-0.1, -0.05) is 30.3 Å². The molecule has 1 aliphatic rings. The monoisotopic (exact) mass is 274 g/mol. The molecule has 3 N–H and O–H groups in total. The molecular formula is C14H18N4O2. The predicted octanol–water partition coefficient (Wildman–Crippen LogP) is 0.713. The van der Waals surface area contributed by atoms with Gasteiger partial charge in [0.25, 0.3) is 0 Å². The van der Waals surface area contributed by atoms with Crippen LogP contribution in [0.3, 0.4) is 0 Å². The van der Waals surface area contributed by atoms with Gasteiger partial charge >= 0.3 is 0 Å². The van der Waals surface area contributed by atoms with E-state index in [4.69, 9.17) is 4.74 Å². The summed E-state index contributed by atoms with van der Waals surface area (Å²) in [5.74, 6) is 0. The number of nitrogens with one attached hydrogen (secondary N) is 2. The van der Waals surface area contributed by atoms with Crippen LogP contribution in [0.15, 0.2) is 30.3 Å².